The lowest BCUT2D eigenvalue weighted by Gasteiger charge is -2.17. The largest absolute Gasteiger partial charge is 0.494 e. The third-order valence-corrected chi connectivity index (χ3v) is 6.16. The second kappa shape index (κ2) is 10.8. The first-order chi connectivity index (χ1) is 15.3. The molecule has 1 amide bonds. The Bertz CT molecular complexity index is 1120. The van der Waals surface area contributed by atoms with E-state index in [1.807, 2.05) is 30.3 Å². The molecule has 0 saturated carbocycles. The molecule has 0 atom stereocenters. The predicted molar refractivity (Wildman–Crippen MR) is 122 cm³/mol. The molecule has 0 bridgehead atoms. The molecule has 0 saturated heterocycles. The Morgan fingerprint density at radius 2 is 1.62 bits per heavy atom. The monoisotopic (exact) mass is 456 g/mol. The van der Waals surface area contributed by atoms with Crippen molar-refractivity contribution < 1.29 is 22.3 Å². The average molecular weight is 457 g/mol. The second-order valence-corrected chi connectivity index (χ2v) is 8.95. The summed E-state index contributed by atoms with van der Waals surface area (Å²) in [7, 11) is -2.07. The highest BCUT2D eigenvalue weighted by molar-refractivity contribution is 7.92. The van der Waals surface area contributed by atoms with Crippen molar-refractivity contribution in [2.24, 2.45) is 0 Å². The number of carbonyl (C=O) groups excluding carboxylic acids is 1. The summed E-state index contributed by atoms with van der Waals surface area (Å²) in [5, 5.41) is 0. The van der Waals surface area contributed by atoms with Crippen molar-refractivity contribution in [2.75, 3.05) is 24.9 Å². The number of carbonyl (C=O) groups is 1. The van der Waals surface area contributed by atoms with Crippen LogP contribution in [0, 0.1) is 5.82 Å². The minimum atomic E-state index is -3.82. The molecule has 0 aliphatic carbocycles. The van der Waals surface area contributed by atoms with E-state index in [0.29, 0.717) is 25.3 Å². The summed E-state index contributed by atoms with van der Waals surface area (Å²) in [6.45, 7) is 1.09. The summed E-state index contributed by atoms with van der Waals surface area (Å²) >= 11 is 0. The van der Waals surface area contributed by atoms with Crippen LogP contribution in [-0.4, -0.2) is 39.4 Å². The Labute approximate surface area is 187 Å². The van der Waals surface area contributed by atoms with Gasteiger partial charge in [0.05, 0.1) is 17.9 Å². The first kappa shape index (κ1) is 23.3. The molecule has 3 rings (SSSR count). The number of rotatable bonds is 10. The average Bonchev–Trinajstić information content (AvgIpc) is 2.78. The van der Waals surface area contributed by atoms with E-state index in [2.05, 4.69) is 4.72 Å². The summed E-state index contributed by atoms with van der Waals surface area (Å²) < 4.78 is 45.8. The zero-order valence-electron chi connectivity index (χ0n) is 17.7. The highest BCUT2D eigenvalue weighted by Crippen LogP contribution is 2.17. The quantitative estimate of drug-likeness (QED) is 0.466. The van der Waals surface area contributed by atoms with E-state index in [1.54, 1.807) is 36.2 Å². The first-order valence-corrected chi connectivity index (χ1v) is 11.6. The van der Waals surface area contributed by atoms with Crippen LogP contribution in [0.15, 0.2) is 83.8 Å². The van der Waals surface area contributed by atoms with Gasteiger partial charge in [0, 0.05) is 19.3 Å². The van der Waals surface area contributed by atoms with Crippen LogP contribution in [0.25, 0.3) is 0 Å². The van der Waals surface area contributed by atoms with Crippen molar-refractivity contribution in [2.45, 2.75) is 17.7 Å². The van der Waals surface area contributed by atoms with E-state index < -0.39 is 15.8 Å². The lowest BCUT2D eigenvalue weighted by Crippen LogP contribution is -2.30. The van der Waals surface area contributed by atoms with Crippen LogP contribution in [0.4, 0.5) is 10.1 Å². The normalized spacial score (nSPS) is 11.1. The zero-order valence-corrected chi connectivity index (χ0v) is 18.5. The number of likely N-dealkylation sites (N-methyl/N-ethyl adjacent to an activating group) is 1. The Balaban J connectivity index is 1.46. The number of ether oxygens (including phenoxy) is 1. The van der Waals surface area contributed by atoms with Crippen LogP contribution >= 0.6 is 0 Å². The molecule has 168 valence electrons. The Kier molecular flexibility index (Phi) is 7.83. The number of benzene rings is 3. The smallest absolute Gasteiger partial charge is 0.261 e. The van der Waals surface area contributed by atoms with Crippen LogP contribution in [0.1, 0.15) is 12.0 Å². The molecule has 32 heavy (non-hydrogen) atoms. The number of hydrogen-bond acceptors (Lipinski definition) is 4. The van der Waals surface area contributed by atoms with Gasteiger partial charge in [-0.3, -0.25) is 9.52 Å². The highest BCUT2D eigenvalue weighted by atomic mass is 32.2. The van der Waals surface area contributed by atoms with Crippen LogP contribution < -0.4 is 9.46 Å². The molecule has 0 aliphatic heterocycles. The topological polar surface area (TPSA) is 75.7 Å². The number of nitrogens with zero attached hydrogens (tertiary/aromatic N) is 1. The third kappa shape index (κ3) is 6.81. The van der Waals surface area contributed by atoms with Crippen molar-refractivity contribution in [3.63, 3.8) is 0 Å². The van der Waals surface area contributed by atoms with Gasteiger partial charge in [0.25, 0.3) is 10.0 Å². The van der Waals surface area contributed by atoms with Gasteiger partial charge in [-0.15, -0.1) is 0 Å². The molecule has 0 spiro atoms. The molecule has 3 aromatic carbocycles. The number of para-hydroxylation sites is 1. The molecule has 0 heterocycles. The van der Waals surface area contributed by atoms with E-state index >= 15 is 0 Å². The number of amides is 1. The molecule has 8 heteroatoms. The number of anilines is 1. The molecule has 1 N–H and O–H groups in total. The van der Waals surface area contributed by atoms with Gasteiger partial charge in [-0.05, 0) is 60.5 Å². The first-order valence-electron chi connectivity index (χ1n) is 10.1. The van der Waals surface area contributed by atoms with Gasteiger partial charge >= 0.3 is 0 Å². The Hall–Kier alpha value is -3.39. The van der Waals surface area contributed by atoms with Gasteiger partial charge < -0.3 is 9.64 Å². The number of sulfonamides is 1. The Morgan fingerprint density at radius 3 is 2.28 bits per heavy atom. The molecule has 3 aromatic rings. The Morgan fingerprint density at radius 1 is 0.969 bits per heavy atom. The molecule has 0 radical (unpaired) electrons. The van der Waals surface area contributed by atoms with Gasteiger partial charge in [-0.2, -0.15) is 0 Å². The SMILES string of the molecule is CN(CCCOc1ccccc1)C(=O)Cc1ccc(NS(=O)(=O)c2ccc(F)cc2)cc1. The van der Waals surface area contributed by atoms with Crippen molar-refractivity contribution in [1.29, 1.82) is 0 Å². The van der Waals surface area contributed by atoms with Crippen molar-refractivity contribution in [3.8, 4) is 5.75 Å². The van der Waals surface area contributed by atoms with E-state index in [1.165, 1.54) is 12.1 Å². The van der Waals surface area contributed by atoms with Crippen molar-refractivity contribution in [1.82, 2.24) is 4.90 Å². The fraction of sp³-hybridized carbons (Fsp3) is 0.208. The van der Waals surface area contributed by atoms with Gasteiger partial charge in [-0.25, -0.2) is 12.8 Å². The van der Waals surface area contributed by atoms with Crippen LogP contribution in [-0.2, 0) is 21.2 Å². The van der Waals surface area contributed by atoms with Gasteiger partial charge in [-0.1, -0.05) is 30.3 Å². The van der Waals surface area contributed by atoms with Gasteiger partial charge in [0.1, 0.15) is 11.6 Å². The number of halogens is 1. The number of nitrogens with one attached hydrogen (secondary N) is 1. The summed E-state index contributed by atoms with van der Waals surface area (Å²) in [5.74, 6) is 0.257. The van der Waals surface area contributed by atoms with E-state index in [0.717, 1.165) is 23.4 Å². The molecular weight excluding hydrogens is 431 g/mol. The maximum Gasteiger partial charge on any atom is 0.261 e. The zero-order chi connectivity index (χ0) is 23.0. The van der Waals surface area contributed by atoms with Crippen LogP contribution in [0.2, 0.25) is 0 Å². The molecular formula is C24H25FN2O4S. The molecule has 6 nitrogen and oxygen atoms in total. The van der Waals surface area contributed by atoms with Gasteiger partial charge in [0.15, 0.2) is 0 Å². The predicted octanol–water partition coefficient (Wildman–Crippen LogP) is 4.10. The maximum absolute atomic E-state index is 13.0. The molecule has 0 unspecified atom stereocenters. The van der Waals surface area contributed by atoms with Gasteiger partial charge in [0.2, 0.25) is 5.91 Å². The van der Waals surface area contributed by atoms with E-state index in [9.17, 15) is 17.6 Å². The molecule has 0 fully saturated rings. The highest BCUT2D eigenvalue weighted by Gasteiger charge is 2.15. The fourth-order valence-corrected chi connectivity index (χ4v) is 4.02. The molecule has 0 aliphatic rings. The van der Waals surface area contributed by atoms with E-state index in [-0.39, 0.29) is 17.2 Å². The lowest BCUT2D eigenvalue weighted by molar-refractivity contribution is -0.129. The van der Waals surface area contributed by atoms with Crippen LogP contribution in [0.5, 0.6) is 5.75 Å². The minimum absolute atomic E-state index is 0.0315. The van der Waals surface area contributed by atoms with E-state index in [4.69, 9.17) is 4.74 Å². The fourth-order valence-electron chi connectivity index (χ4n) is 2.96. The standard InChI is InChI=1S/C24H25FN2O4S/c1-27(16-5-17-31-22-6-3-2-4-7-22)24(28)18-19-8-12-21(13-9-19)26-32(29,30)23-14-10-20(25)11-15-23/h2-4,6-15,26H,5,16-18H2,1H3. The number of hydrogen-bond donors (Lipinski definition) is 1. The van der Waals surface area contributed by atoms with Crippen LogP contribution in [0.3, 0.4) is 0 Å². The lowest BCUT2D eigenvalue weighted by atomic mass is 10.1. The summed E-state index contributed by atoms with van der Waals surface area (Å²) in [6.07, 6.45) is 0.919. The third-order valence-electron chi connectivity index (χ3n) is 4.76. The summed E-state index contributed by atoms with van der Waals surface area (Å²) in [6, 6.07) is 20.7. The maximum atomic E-state index is 13.0. The van der Waals surface area contributed by atoms with Crippen molar-refractivity contribution >= 4 is 21.6 Å². The summed E-state index contributed by atoms with van der Waals surface area (Å²) in [5.41, 5.74) is 1.13. The summed E-state index contributed by atoms with van der Waals surface area (Å²) in [4.78, 5) is 14.1. The van der Waals surface area contributed by atoms with Crippen molar-refractivity contribution in [3.05, 3.63) is 90.2 Å². The second-order valence-electron chi connectivity index (χ2n) is 7.26. The minimum Gasteiger partial charge on any atom is -0.494 e. The molecule has 0 aromatic heterocycles.